The number of halogens is 1. The first-order valence-electron chi connectivity index (χ1n) is 6.83. The minimum absolute atomic E-state index is 0.355. The summed E-state index contributed by atoms with van der Waals surface area (Å²) in [6.07, 6.45) is 7.22. The molecule has 1 heterocycles. The van der Waals surface area contributed by atoms with Gasteiger partial charge in [-0.05, 0) is 28.3 Å². The molecule has 0 bridgehead atoms. The maximum atomic E-state index is 12.1. The number of nitrogens with zero attached hydrogens (tertiary/aromatic N) is 2. The van der Waals surface area contributed by atoms with Crippen LogP contribution in [0.1, 0.15) is 50.4 Å². The van der Waals surface area contributed by atoms with Crippen LogP contribution in [0.3, 0.4) is 0 Å². The maximum absolute atomic E-state index is 12.1. The smallest absolute Gasteiger partial charge is 0.139 e. The average molecular weight is 313 g/mol. The van der Waals surface area contributed by atoms with Gasteiger partial charge >= 0.3 is 0 Å². The van der Waals surface area contributed by atoms with Crippen molar-refractivity contribution in [2.24, 2.45) is 13.0 Å². The van der Waals surface area contributed by atoms with Crippen molar-refractivity contribution in [3.8, 4) is 0 Å². The molecule has 0 amide bonds. The Bertz CT molecular complexity index is 433. The number of hydrogen-bond acceptors (Lipinski definition) is 2. The normalized spacial score (nSPS) is 16.4. The van der Waals surface area contributed by atoms with Crippen LogP contribution in [-0.4, -0.2) is 15.6 Å². The molecule has 2 rings (SSSR count). The second kappa shape index (κ2) is 6.00. The van der Waals surface area contributed by atoms with Gasteiger partial charge in [0.2, 0.25) is 0 Å². The second-order valence-electron chi connectivity index (χ2n) is 5.25. The van der Waals surface area contributed by atoms with E-state index in [1.54, 1.807) is 0 Å². The van der Waals surface area contributed by atoms with E-state index in [9.17, 15) is 4.79 Å². The first kappa shape index (κ1) is 13.8. The quantitative estimate of drug-likeness (QED) is 0.834. The van der Waals surface area contributed by atoms with Gasteiger partial charge in [0.05, 0.1) is 15.9 Å². The van der Waals surface area contributed by atoms with Crippen LogP contribution in [0.25, 0.3) is 0 Å². The van der Waals surface area contributed by atoms with Crippen molar-refractivity contribution in [2.75, 3.05) is 0 Å². The Morgan fingerprint density at radius 2 is 2.11 bits per heavy atom. The van der Waals surface area contributed by atoms with Crippen molar-refractivity contribution in [1.82, 2.24) is 9.78 Å². The monoisotopic (exact) mass is 312 g/mol. The zero-order chi connectivity index (χ0) is 13.1. The summed E-state index contributed by atoms with van der Waals surface area (Å²) in [6, 6.07) is 0. The first-order valence-corrected chi connectivity index (χ1v) is 7.63. The van der Waals surface area contributed by atoms with Gasteiger partial charge in [-0.1, -0.05) is 32.6 Å². The van der Waals surface area contributed by atoms with Crippen LogP contribution in [0.2, 0.25) is 0 Å². The van der Waals surface area contributed by atoms with E-state index in [2.05, 4.69) is 28.0 Å². The molecule has 100 valence electrons. The number of hydrogen-bond donors (Lipinski definition) is 0. The Balaban J connectivity index is 1.99. The molecule has 1 aromatic heterocycles. The van der Waals surface area contributed by atoms with Crippen molar-refractivity contribution in [1.29, 1.82) is 0 Å². The van der Waals surface area contributed by atoms with E-state index in [1.807, 2.05) is 11.7 Å². The summed E-state index contributed by atoms with van der Waals surface area (Å²) < 4.78 is 2.86. The Labute approximate surface area is 117 Å². The van der Waals surface area contributed by atoms with E-state index in [1.165, 1.54) is 25.7 Å². The molecule has 3 nitrogen and oxygen atoms in total. The van der Waals surface area contributed by atoms with Gasteiger partial charge in [-0.25, -0.2) is 0 Å². The molecular weight excluding hydrogens is 292 g/mol. The third kappa shape index (κ3) is 3.02. The molecule has 18 heavy (non-hydrogen) atoms. The molecule has 0 aromatic carbocycles. The van der Waals surface area contributed by atoms with Crippen LogP contribution in [0, 0.1) is 5.92 Å². The maximum Gasteiger partial charge on any atom is 0.139 e. The minimum Gasteiger partial charge on any atom is -0.299 e. The summed E-state index contributed by atoms with van der Waals surface area (Å²) in [6.45, 7) is 2.08. The minimum atomic E-state index is 0.355. The molecule has 1 aliphatic rings. The summed E-state index contributed by atoms with van der Waals surface area (Å²) in [5.74, 6) is 0.989. The molecular formula is C14H21BrN2O. The van der Waals surface area contributed by atoms with E-state index in [0.29, 0.717) is 18.1 Å². The highest BCUT2D eigenvalue weighted by Crippen LogP contribution is 2.29. The molecule has 1 fully saturated rings. The van der Waals surface area contributed by atoms with Crippen LogP contribution in [0.4, 0.5) is 0 Å². The van der Waals surface area contributed by atoms with Crippen LogP contribution in [-0.2, 0) is 24.7 Å². The Morgan fingerprint density at radius 1 is 1.44 bits per heavy atom. The van der Waals surface area contributed by atoms with E-state index < -0.39 is 0 Å². The van der Waals surface area contributed by atoms with Crippen LogP contribution >= 0.6 is 15.9 Å². The summed E-state index contributed by atoms with van der Waals surface area (Å²) in [5, 5.41) is 4.43. The lowest BCUT2D eigenvalue weighted by atomic mass is 9.99. The lowest BCUT2D eigenvalue weighted by Gasteiger charge is -2.08. The SMILES string of the molecule is CCc1nn(C)c(CC(=O)CC2CCCC2)c1Br. The fourth-order valence-corrected chi connectivity index (χ4v) is 3.56. The van der Waals surface area contributed by atoms with Gasteiger partial charge in [0.1, 0.15) is 5.78 Å². The van der Waals surface area contributed by atoms with Crippen molar-refractivity contribution >= 4 is 21.7 Å². The molecule has 1 aromatic rings. The molecule has 4 heteroatoms. The molecule has 1 saturated carbocycles. The molecule has 0 aliphatic heterocycles. The average Bonchev–Trinajstić information content (AvgIpc) is 2.92. The Morgan fingerprint density at radius 3 is 2.67 bits per heavy atom. The lowest BCUT2D eigenvalue weighted by molar-refractivity contribution is -0.119. The topological polar surface area (TPSA) is 34.9 Å². The number of carbonyl (C=O) groups is 1. The number of ketones is 1. The van der Waals surface area contributed by atoms with Gasteiger partial charge in [-0.15, -0.1) is 0 Å². The summed E-state index contributed by atoms with van der Waals surface area (Å²) in [4.78, 5) is 12.1. The standard InChI is InChI=1S/C14H21BrN2O/c1-3-12-14(15)13(17(2)16-12)9-11(18)8-10-6-4-5-7-10/h10H,3-9H2,1-2H3. The number of rotatable bonds is 5. The van der Waals surface area contributed by atoms with Crippen molar-refractivity contribution in [3.63, 3.8) is 0 Å². The first-order chi connectivity index (χ1) is 8.61. The van der Waals surface area contributed by atoms with E-state index in [-0.39, 0.29) is 0 Å². The van der Waals surface area contributed by atoms with E-state index >= 15 is 0 Å². The van der Waals surface area contributed by atoms with Gasteiger partial charge in [-0.2, -0.15) is 5.10 Å². The number of carbonyl (C=O) groups excluding carboxylic acids is 1. The van der Waals surface area contributed by atoms with Gasteiger partial charge in [-0.3, -0.25) is 9.48 Å². The molecule has 0 N–H and O–H groups in total. The van der Waals surface area contributed by atoms with Gasteiger partial charge < -0.3 is 0 Å². The van der Waals surface area contributed by atoms with Gasteiger partial charge in [0, 0.05) is 19.9 Å². The van der Waals surface area contributed by atoms with Crippen LogP contribution < -0.4 is 0 Å². The predicted molar refractivity (Wildman–Crippen MR) is 75.6 cm³/mol. The molecule has 0 saturated heterocycles. The summed E-state index contributed by atoms with van der Waals surface area (Å²) in [5.41, 5.74) is 2.07. The van der Waals surface area contributed by atoms with E-state index in [0.717, 1.165) is 28.7 Å². The van der Waals surface area contributed by atoms with E-state index in [4.69, 9.17) is 0 Å². The Kier molecular flexibility index (Phi) is 4.60. The van der Waals surface area contributed by atoms with Crippen molar-refractivity contribution in [2.45, 2.75) is 51.9 Å². The molecule has 1 aliphatic carbocycles. The highest BCUT2D eigenvalue weighted by molar-refractivity contribution is 9.10. The number of aryl methyl sites for hydroxylation is 2. The van der Waals surface area contributed by atoms with Gasteiger partial charge in [0.15, 0.2) is 0 Å². The zero-order valence-corrected chi connectivity index (χ0v) is 12.8. The Hall–Kier alpha value is -0.640. The third-order valence-corrected chi connectivity index (χ3v) is 4.77. The molecule has 0 radical (unpaired) electrons. The van der Waals surface area contributed by atoms with Crippen molar-refractivity contribution in [3.05, 3.63) is 15.9 Å². The fraction of sp³-hybridized carbons (Fsp3) is 0.714. The van der Waals surface area contributed by atoms with Crippen LogP contribution in [0.15, 0.2) is 4.47 Å². The third-order valence-electron chi connectivity index (χ3n) is 3.86. The molecule has 0 spiro atoms. The number of aromatic nitrogens is 2. The summed E-state index contributed by atoms with van der Waals surface area (Å²) >= 11 is 3.57. The predicted octanol–water partition coefficient (Wildman–Crippen LogP) is 3.44. The highest BCUT2D eigenvalue weighted by atomic mass is 79.9. The lowest BCUT2D eigenvalue weighted by Crippen LogP contribution is -2.11. The molecule has 0 unspecified atom stereocenters. The fourth-order valence-electron chi connectivity index (χ4n) is 2.81. The summed E-state index contributed by atoms with van der Waals surface area (Å²) in [7, 11) is 1.92. The van der Waals surface area contributed by atoms with Crippen molar-refractivity contribution < 1.29 is 4.79 Å². The van der Waals surface area contributed by atoms with Crippen LogP contribution in [0.5, 0.6) is 0 Å². The highest BCUT2D eigenvalue weighted by Gasteiger charge is 2.21. The molecule has 0 atom stereocenters. The number of Topliss-reactive ketones (excluding diaryl/α,β-unsaturated/α-hetero) is 1. The largest absolute Gasteiger partial charge is 0.299 e. The second-order valence-corrected chi connectivity index (χ2v) is 6.05. The zero-order valence-electron chi connectivity index (χ0n) is 11.2. The van der Waals surface area contributed by atoms with Gasteiger partial charge in [0.25, 0.3) is 0 Å².